The molecule has 1 aliphatic rings. The molecule has 0 bridgehead atoms. The van der Waals surface area contributed by atoms with E-state index in [4.69, 9.17) is 4.74 Å². The standard InChI is InChI=1S/C18H20FN5O2/c1-23-9-16(21-22-23)14-8-24(10-17(14)26-2)18(25)5-11-7-20-15-6-12(19)3-4-13(11)15/h3-4,6-7,9,14,17,20H,5,8,10H2,1-2H3/t14-,17+/m0/s1. The fourth-order valence-corrected chi connectivity index (χ4v) is 3.62. The van der Waals surface area contributed by atoms with Crippen molar-refractivity contribution >= 4 is 16.8 Å². The Morgan fingerprint density at radius 2 is 2.27 bits per heavy atom. The second-order valence-electron chi connectivity index (χ2n) is 6.68. The molecular formula is C18H20FN5O2. The van der Waals surface area contributed by atoms with Crippen molar-refractivity contribution in [3.8, 4) is 0 Å². The van der Waals surface area contributed by atoms with E-state index in [1.807, 2.05) is 13.2 Å². The molecule has 1 saturated heterocycles. The Morgan fingerprint density at radius 3 is 3.00 bits per heavy atom. The van der Waals surface area contributed by atoms with Crippen LogP contribution in [0.4, 0.5) is 4.39 Å². The smallest absolute Gasteiger partial charge is 0.227 e. The number of fused-ring (bicyclic) bond motifs is 1. The van der Waals surface area contributed by atoms with Crippen molar-refractivity contribution in [2.75, 3.05) is 20.2 Å². The monoisotopic (exact) mass is 357 g/mol. The summed E-state index contributed by atoms with van der Waals surface area (Å²) in [5, 5.41) is 9.01. The average molecular weight is 357 g/mol. The summed E-state index contributed by atoms with van der Waals surface area (Å²) >= 11 is 0. The van der Waals surface area contributed by atoms with Crippen LogP contribution in [0.15, 0.2) is 30.6 Å². The van der Waals surface area contributed by atoms with Crippen LogP contribution in [0.5, 0.6) is 0 Å². The van der Waals surface area contributed by atoms with Gasteiger partial charge in [-0.25, -0.2) is 4.39 Å². The number of aromatic amines is 1. The summed E-state index contributed by atoms with van der Waals surface area (Å²) in [5.74, 6) is -0.273. The lowest BCUT2D eigenvalue weighted by Crippen LogP contribution is -2.31. The number of nitrogens with zero attached hydrogens (tertiary/aromatic N) is 4. The van der Waals surface area contributed by atoms with Crippen LogP contribution in [0.1, 0.15) is 17.2 Å². The highest BCUT2D eigenvalue weighted by atomic mass is 19.1. The number of carbonyl (C=O) groups is 1. The second-order valence-corrected chi connectivity index (χ2v) is 6.68. The number of hydrogen-bond donors (Lipinski definition) is 1. The van der Waals surface area contributed by atoms with Crippen molar-refractivity contribution < 1.29 is 13.9 Å². The number of amides is 1. The van der Waals surface area contributed by atoms with Crippen molar-refractivity contribution in [1.82, 2.24) is 24.9 Å². The van der Waals surface area contributed by atoms with Gasteiger partial charge in [0.1, 0.15) is 5.82 Å². The van der Waals surface area contributed by atoms with E-state index in [-0.39, 0.29) is 30.2 Å². The third kappa shape index (κ3) is 2.96. The zero-order chi connectivity index (χ0) is 18.3. The summed E-state index contributed by atoms with van der Waals surface area (Å²) in [7, 11) is 3.46. The highest BCUT2D eigenvalue weighted by molar-refractivity contribution is 5.89. The minimum atomic E-state index is -0.300. The lowest BCUT2D eigenvalue weighted by Gasteiger charge is -2.15. The Balaban J connectivity index is 1.51. The predicted molar refractivity (Wildman–Crippen MR) is 93.1 cm³/mol. The minimum Gasteiger partial charge on any atom is -0.379 e. The summed E-state index contributed by atoms with van der Waals surface area (Å²) in [6.07, 6.45) is 3.79. The van der Waals surface area contributed by atoms with Crippen molar-refractivity contribution in [3.63, 3.8) is 0 Å². The van der Waals surface area contributed by atoms with Crippen molar-refractivity contribution in [1.29, 1.82) is 0 Å². The molecule has 1 amide bonds. The summed E-state index contributed by atoms with van der Waals surface area (Å²) in [5.41, 5.74) is 2.39. The van der Waals surface area contributed by atoms with Crippen molar-refractivity contribution in [2.24, 2.45) is 7.05 Å². The molecule has 3 heterocycles. The first kappa shape index (κ1) is 16.7. The van der Waals surface area contributed by atoms with Crippen LogP contribution in [0.2, 0.25) is 0 Å². The van der Waals surface area contributed by atoms with Crippen LogP contribution in [-0.2, 0) is 23.0 Å². The quantitative estimate of drug-likeness (QED) is 0.770. The summed E-state index contributed by atoms with van der Waals surface area (Å²) in [4.78, 5) is 17.6. The number of ether oxygens (including phenoxy) is 1. The fourth-order valence-electron chi connectivity index (χ4n) is 3.62. The van der Waals surface area contributed by atoms with Crippen LogP contribution in [0.25, 0.3) is 10.9 Å². The number of aromatic nitrogens is 4. The lowest BCUT2D eigenvalue weighted by molar-refractivity contribution is -0.129. The Bertz CT molecular complexity index is 950. The van der Waals surface area contributed by atoms with Gasteiger partial charge < -0.3 is 14.6 Å². The largest absolute Gasteiger partial charge is 0.379 e. The van der Waals surface area contributed by atoms with Gasteiger partial charge >= 0.3 is 0 Å². The predicted octanol–water partition coefficient (Wildman–Crippen LogP) is 1.62. The molecule has 0 spiro atoms. The van der Waals surface area contributed by atoms with Gasteiger partial charge in [0.2, 0.25) is 5.91 Å². The minimum absolute atomic E-state index is 0.00900. The molecule has 7 nitrogen and oxygen atoms in total. The van der Waals surface area contributed by atoms with E-state index in [2.05, 4.69) is 15.3 Å². The Kier molecular flexibility index (Phi) is 4.20. The normalized spacial score (nSPS) is 20.2. The second kappa shape index (κ2) is 6.53. The van der Waals surface area contributed by atoms with Gasteiger partial charge in [0, 0.05) is 50.5 Å². The fraction of sp³-hybridized carbons (Fsp3) is 0.389. The third-order valence-electron chi connectivity index (χ3n) is 4.99. The number of rotatable bonds is 4. The molecule has 1 N–H and O–H groups in total. The van der Waals surface area contributed by atoms with Gasteiger partial charge in [0.25, 0.3) is 0 Å². The average Bonchev–Trinajstić information content (AvgIpc) is 3.32. The molecule has 2 aromatic heterocycles. The molecule has 2 atom stereocenters. The number of H-pyrrole nitrogens is 1. The zero-order valence-electron chi connectivity index (χ0n) is 14.6. The van der Waals surface area contributed by atoms with Gasteiger partial charge in [-0.15, -0.1) is 5.10 Å². The highest BCUT2D eigenvalue weighted by Crippen LogP contribution is 2.29. The number of nitrogens with one attached hydrogen (secondary N) is 1. The van der Waals surface area contributed by atoms with E-state index in [0.717, 1.165) is 16.6 Å². The zero-order valence-corrected chi connectivity index (χ0v) is 14.6. The first-order valence-corrected chi connectivity index (χ1v) is 8.47. The molecule has 136 valence electrons. The number of hydrogen-bond acceptors (Lipinski definition) is 4. The maximum Gasteiger partial charge on any atom is 0.227 e. The van der Waals surface area contributed by atoms with Crippen molar-refractivity contribution in [3.05, 3.63) is 47.7 Å². The molecule has 4 rings (SSSR count). The Hall–Kier alpha value is -2.74. The molecule has 26 heavy (non-hydrogen) atoms. The molecule has 0 aliphatic carbocycles. The number of aryl methyl sites for hydroxylation is 1. The Labute approximate surface area is 149 Å². The van der Waals surface area contributed by atoms with Gasteiger partial charge in [-0.1, -0.05) is 5.21 Å². The number of methoxy groups -OCH3 is 1. The lowest BCUT2D eigenvalue weighted by atomic mass is 10.0. The van der Waals surface area contributed by atoms with Gasteiger partial charge in [0.15, 0.2) is 0 Å². The van der Waals surface area contributed by atoms with Crippen molar-refractivity contribution in [2.45, 2.75) is 18.4 Å². The Morgan fingerprint density at radius 1 is 1.42 bits per heavy atom. The molecule has 0 unspecified atom stereocenters. The van der Waals surface area contributed by atoms with Crippen LogP contribution in [0.3, 0.4) is 0 Å². The van der Waals surface area contributed by atoms with E-state index in [1.165, 1.54) is 12.1 Å². The summed E-state index contributed by atoms with van der Waals surface area (Å²) in [6, 6.07) is 4.55. The molecule has 0 radical (unpaired) electrons. The molecular weight excluding hydrogens is 337 g/mol. The van der Waals surface area contributed by atoms with E-state index in [9.17, 15) is 9.18 Å². The van der Waals surface area contributed by atoms with Gasteiger partial charge in [0.05, 0.1) is 24.1 Å². The molecule has 8 heteroatoms. The molecule has 1 aromatic carbocycles. The van der Waals surface area contributed by atoms with Gasteiger partial charge in [-0.3, -0.25) is 9.48 Å². The van der Waals surface area contributed by atoms with E-state index in [0.29, 0.717) is 18.6 Å². The maximum absolute atomic E-state index is 13.3. The topological polar surface area (TPSA) is 76.0 Å². The SMILES string of the molecule is CO[C@@H]1CN(C(=O)Cc2c[nH]c3cc(F)ccc23)C[C@H]1c1cn(C)nn1. The number of halogens is 1. The molecule has 1 aliphatic heterocycles. The molecule has 0 saturated carbocycles. The number of carbonyl (C=O) groups excluding carboxylic acids is 1. The van der Waals surface area contributed by atoms with Crippen LogP contribution in [-0.4, -0.2) is 57.1 Å². The van der Waals surface area contributed by atoms with Crippen LogP contribution >= 0.6 is 0 Å². The molecule has 1 fully saturated rings. The summed E-state index contributed by atoms with van der Waals surface area (Å²) in [6.45, 7) is 1.07. The number of likely N-dealkylation sites (tertiary alicyclic amines) is 1. The molecule has 3 aromatic rings. The van der Waals surface area contributed by atoms with E-state index >= 15 is 0 Å². The van der Waals surface area contributed by atoms with Crippen LogP contribution in [0, 0.1) is 5.82 Å². The van der Waals surface area contributed by atoms with Gasteiger partial charge in [-0.05, 0) is 23.8 Å². The summed E-state index contributed by atoms with van der Waals surface area (Å²) < 4.78 is 20.5. The van der Waals surface area contributed by atoms with E-state index in [1.54, 1.807) is 29.0 Å². The third-order valence-corrected chi connectivity index (χ3v) is 4.99. The van der Waals surface area contributed by atoms with E-state index < -0.39 is 0 Å². The highest BCUT2D eigenvalue weighted by Gasteiger charge is 2.37. The number of benzene rings is 1. The van der Waals surface area contributed by atoms with Gasteiger partial charge in [-0.2, -0.15) is 0 Å². The first-order chi connectivity index (χ1) is 12.5. The maximum atomic E-state index is 13.3. The van der Waals surface area contributed by atoms with Crippen LogP contribution < -0.4 is 0 Å². The first-order valence-electron chi connectivity index (χ1n) is 8.47.